The Morgan fingerprint density at radius 2 is 2.41 bits per heavy atom. The summed E-state index contributed by atoms with van der Waals surface area (Å²) in [6, 6.07) is 0. The van der Waals surface area contributed by atoms with Gasteiger partial charge in [0.15, 0.2) is 0 Å². The number of nitrogens with one attached hydrogen (secondary N) is 2. The first kappa shape index (κ1) is 11.8. The van der Waals surface area contributed by atoms with Crippen LogP contribution in [0.4, 0.5) is 5.82 Å². The molecule has 1 saturated heterocycles. The number of hydrogen-bond donors (Lipinski definition) is 2. The molecule has 0 radical (unpaired) electrons. The smallest absolute Gasteiger partial charge is 0.227 e. The molecule has 2 N–H and O–H groups in total. The van der Waals surface area contributed by atoms with Crippen molar-refractivity contribution in [3.8, 4) is 5.88 Å². The van der Waals surface area contributed by atoms with Gasteiger partial charge in [-0.3, -0.25) is 0 Å². The zero-order valence-electron chi connectivity index (χ0n) is 9.77. The summed E-state index contributed by atoms with van der Waals surface area (Å²) in [6.07, 6.45) is 5.75. The Kier molecular flexibility index (Phi) is 3.87. The highest BCUT2D eigenvalue weighted by Gasteiger charge is 2.17. The summed E-state index contributed by atoms with van der Waals surface area (Å²) in [6.45, 7) is 0.764. The monoisotopic (exact) mass is 236 g/mol. The van der Waals surface area contributed by atoms with Gasteiger partial charge in [-0.05, 0) is 19.3 Å². The molecule has 2 heterocycles. The van der Waals surface area contributed by atoms with Crippen LogP contribution in [0.15, 0.2) is 6.33 Å². The molecule has 1 fully saturated rings. The summed E-state index contributed by atoms with van der Waals surface area (Å²) in [5, 5.41) is 10.6. The van der Waals surface area contributed by atoms with E-state index in [1.807, 2.05) is 0 Å². The highest BCUT2D eigenvalue weighted by molar-refractivity contribution is 5.87. The third-order valence-corrected chi connectivity index (χ3v) is 2.66. The van der Waals surface area contributed by atoms with Crippen LogP contribution in [0.5, 0.6) is 5.88 Å². The van der Waals surface area contributed by atoms with Gasteiger partial charge in [0, 0.05) is 12.8 Å². The predicted octanol–water partition coefficient (Wildman–Crippen LogP) is 1.42. The van der Waals surface area contributed by atoms with Gasteiger partial charge >= 0.3 is 0 Å². The van der Waals surface area contributed by atoms with Crippen LogP contribution in [-0.4, -0.2) is 36.1 Å². The van der Waals surface area contributed by atoms with E-state index in [0.717, 1.165) is 25.9 Å². The molecule has 1 aliphatic heterocycles. The summed E-state index contributed by atoms with van der Waals surface area (Å²) in [7, 11) is 1.52. The molecule has 0 spiro atoms. The lowest BCUT2D eigenvalue weighted by molar-refractivity contribution is 0.0341. The topological polar surface area (TPSA) is 80.1 Å². The molecule has 17 heavy (non-hydrogen) atoms. The van der Waals surface area contributed by atoms with E-state index in [0.29, 0.717) is 17.3 Å². The molecule has 1 aliphatic rings. The molecule has 2 rings (SSSR count). The van der Waals surface area contributed by atoms with Crippen molar-refractivity contribution in [2.75, 3.05) is 19.0 Å². The van der Waals surface area contributed by atoms with Crippen molar-refractivity contribution in [3.63, 3.8) is 0 Å². The zero-order chi connectivity index (χ0) is 12.1. The highest BCUT2D eigenvalue weighted by Crippen LogP contribution is 2.22. The Balaban J connectivity index is 2.16. The van der Waals surface area contributed by atoms with E-state index < -0.39 is 0 Å². The summed E-state index contributed by atoms with van der Waals surface area (Å²) >= 11 is 0. The maximum absolute atomic E-state index is 7.38. The van der Waals surface area contributed by atoms with Gasteiger partial charge in [-0.1, -0.05) is 0 Å². The van der Waals surface area contributed by atoms with Crippen molar-refractivity contribution >= 4 is 12.0 Å². The predicted molar refractivity (Wildman–Crippen MR) is 63.7 cm³/mol. The van der Waals surface area contributed by atoms with Gasteiger partial charge in [-0.15, -0.1) is 0 Å². The van der Waals surface area contributed by atoms with Crippen LogP contribution in [0.3, 0.4) is 0 Å². The minimum absolute atomic E-state index is 0.0398. The summed E-state index contributed by atoms with van der Waals surface area (Å²) in [4.78, 5) is 8.08. The average molecular weight is 236 g/mol. The minimum Gasteiger partial charge on any atom is -0.480 e. The third-order valence-electron chi connectivity index (χ3n) is 2.66. The number of methoxy groups -OCH3 is 1. The average Bonchev–Trinajstić information content (AvgIpc) is 2.39. The summed E-state index contributed by atoms with van der Waals surface area (Å²) in [5.41, 5.74) is 0.546. The van der Waals surface area contributed by atoms with Crippen LogP contribution in [0, 0.1) is 5.41 Å². The third kappa shape index (κ3) is 2.71. The van der Waals surface area contributed by atoms with Crippen molar-refractivity contribution in [1.82, 2.24) is 9.97 Å². The number of aromatic nitrogens is 2. The quantitative estimate of drug-likeness (QED) is 0.773. The Bertz CT molecular complexity index is 391. The number of anilines is 1. The van der Waals surface area contributed by atoms with E-state index >= 15 is 0 Å². The van der Waals surface area contributed by atoms with E-state index in [1.54, 1.807) is 0 Å². The fourth-order valence-electron chi connectivity index (χ4n) is 1.79. The van der Waals surface area contributed by atoms with Gasteiger partial charge in [0.05, 0.1) is 12.7 Å². The minimum atomic E-state index is -0.0398. The number of rotatable bonds is 4. The summed E-state index contributed by atoms with van der Waals surface area (Å²) < 4.78 is 10.7. The normalized spacial score (nSPS) is 19.7. The number of ether oxygens (including phenoxy) is 2. The lowest BCUT2D eigenvalue weighted by atomic mass is 10.2. The van der Waals surface area contributed by atoms with E-state index in [9.17, 15) is 0 Å². The standard InChI is InChI=1S/C11H16N4O2/c1-16-11-8(6-12)10(13-7-14-11)15-9-4-2-3-5-17-9/h6-7,9,12H,2-5H2,1H3,(H,13,14,15). The first-order chi connectivity index (χ1) is 8.35. The first-order valence-electron chi connectivity index (χ1n) is 5.62. The molecule has 1 aromatic rings. The van der Waals surface area contributed by atoms with Gasteiger partial charge in [0.2, 0.25) is 5.88 Å². The van der Waals surface area contributed by atoms with Crippen LogP contribution >= 0.6 is 0 Å². The lowest BCUT2D eigenvalue weighted by Crippen LogP contribution is -2.28. The number of hydrogen-bond acceptors (Lipinski definition) is 6. The Morgan fingerprint density at radius 1 is 1.53 bits per heavy atom. The van der Waals surface area contributed by atoms with Crippen molar-refractivity contribution in [3.05, 3.63) is 11.9 Å². The van der Waals surface area contributed by atoms with Gasteiger partial charge in [0.25, 0.3) is 0 Å². The molecule has 0 amide bonds. The van der Waals surface area contributed by atoms with E-state index in [1.165, 1.54) is 19.7 Å². The molecule has 92 valence electrons. The van der Waals surface area contributed by atoms with Crippen molar-refractivity contribution < 1.29 is 9.47 Å². The Morgan fingerprint density at radius 3 is 3.06 bits per heavy atom. The second-order valence-corrected chi connectivity index (χ2v) is 3.79. The molecule has 0 bridgehead atoms. The molecule has 0 aromatic carbocycles. The highest BCUT2D eigenvalue weighted by atomic mass is 16.5. The molecule has 6 nitrogen and oxygen atoms in total. The van der Waals surface area contributed by atoms with Crippen molar-refractivity contribution in [2.45, 2.75) is 25.5 Å². The van der Waals surface area contributed by atoms with Crippen LogP contribution in [0.2, 0.25) is 0 Å². The van der Waals surface area contributed by atoms with Crippen LogP contribution in [0.1, 0.15) is 24.8 Å². The van der Waals surface area contributed by atoms with E-state index in [4.69, 9.17) is 14.9 Å². The molecule has 1 atom stereocenters. The molecule has 0 saturated carbocycles. The fourth-order valence-corrected chi connectivity index (χ4v) is 1.79. The Hall–Kier alpha value is -1.69. The van der Waals surface area contributed by atoms with Gasteiger partial charge < -0.3 is 20.2 Å². The summed E-state index contributed by atoms with van der Waals surface area (Å²) in [5.74, 6) is 0.979. The first-order valence-corrected chi connectivity index (χ1v) is 5.62. The number of nitrogens with zero attached hydrogens (tertiary/aromatic N) is 2. The molecule has 6 heteroatoms. The van der Waals surface area contributed by atoms with Gasteiger partial charge in [-0.2, -0.15) is 0 Å². The SMILES string of the molecule is COc1ncnc(NC2CCCCO2)c1C=N. The van der Waals surface area contributed by atoms with Crippen molar-refractivity contribution in [1.29, 1.82) is 5.41 Å². The fraction of sp³-hybridized carbons (Fsp3) is 0.545. The second kappa shape index (κ2) is 5.58. The molecule has 1 aromatic heterocycles. The zero-order valence-corrected chi connectivity index (χ0v) is 9.77. The van der Waals surface area contributed by atoms with Crippen LogP contribution in [-0.2, 0) is 4.74 Å². The van der Waals surface area contributed by atoms with Crippen LogP contribution in [0.25, 0.3) is 0 Å². The molecule has 1 unspecified atom stereocenters. The van der Waals surface area contributed by atoms with E-state index in [2.05, 4.69) is 15.3 Å². The van der Waals surface area contributed by atoms with Gasteiger partial charge in [0.1, 0.15) is 18.4 Å². The lowest BCUT2D eigenvalue weighted by Gasteiger charge is -2.24. The van der Waals surface area contributed by atoms with E-state index in [-0.39, 0.29) is 6.23 Å². The molecule has 0 aliphatic carbocycles. The van der Waals surface area contributed by atoms with Crippen molar-refractivity contribution in [2.24, 2.45) is 0 Å². The maximum Gasteiger partial charge on any atom is 0.227 e. The van der Waals surface area contributed by atoms with Gasteiger partial charge in [-0.25, -0.2) is 9.97 Å². The second-order valence-electron chi connectivity index (χ2n) is 3.79. The molecular weight excluding hydrogens is 220 g/mol. The van der Waals surface area contributed by atoms with Crippen LogP contribution < -0.4 is 10.1 Å². The largest absolute Gasteiger partial charge is 0.480 e. The Labute approximate surface area is 99.9 Å². The maximum atomic E-state index is 7.38. The molecular formula is C11H16N4O2.